The Morgan fingerprint density at radius 1 is 1.55 bits per heavy atom. The average molecular weight is 150 g/mol. The zero-order valence-electron chi connectivity index (χ0n) is 7.09. The lowest BCUT2D eigenvalue weighted by Gasteiger charge is -2.11. The Hall–Kier alpha value is -0.790. The first kappa shape index (κ1) is 6.89. The largest absolute Gasteiger partial charge is 0.348 e. The van der Waals surface area contributed by atoms with Gasteiger partial charge in [0.15, 0.2) is 0 Å². The highest BCUT2D eigenvalue weighted by Crippen LogP contribution is 2.28. The molecule has 0 saturated heterocycles. The second-order valence-corrected chi connectivity index (χ2v) is 3.74. The number of fused-ring (bicyclic) bond motifs is 1. The molecule has 1 N–H and O–H groups in total. The number of hydrogen-bond acceptors (Lipinski definition) is 1. The molecule has 0 saturated carbocycles. The number of nitrogens with one attached hydrogen (secondary N) is 1. The maximum atomic E-state index is 4.27. The van der Waals surface area contributed by atoms with Gasteiger partial charge in [0.25, 0.3) is 0 Å². The van der Waals surface area contributed by atoms with Crippen molar-refractivity contribution in [2.75, 3.05) is 0 Å². The van der Waals surface area contributed by atoms with E-state index in [0.29, 0.717) is 0 Å². The van der Waals surface area contributed by atoms with Crippen LogP contribution in [0.5, 0.6) is 0 Å². The smallest absolute Gasteiger partial charge is 0.0925 e. The number of aromatic nitrogens is 2. The van der Waals surface area contributed by atoms with Crippen LogP contribution in [-0.4, -0.2) is 9.97 Å². The van der Waals surface area contributed by atoms with Crippen LogP contribution < -0.4 is 0 Å². The first-order chi connectivity index (χ1) is 5.27. The van der Waals surface area contributed by atoms with E-state index < -0.39 is 0 Å². The molecule has 0 radical (unpaired) electrons. The molecule has 0 spiro atoms. The van der Waals surface area contributed by atoms with Gasteiger partial charge in [-0.3, -0.25) is 0 Å². The Kier molecular flexibility index (Phi) is 1.48. The highest BCUT2D eigenvalue weighted by molar-refractivity contribution is 5.18. The van der Waals surface area contributed by atoms with Gasteiger partial charge in [0.2, 0.25) is 0 Å². The second kappa shape index (κ2) is 2.36. The van der Waals surface area contributed by atoms with E-state index in [4.69, 9.17) is 0 Å². The summed E-state index contributed by atoms with van der Waals surface area (Å²) in [6, 6.07) is 0. The van der Waals surface area contributed by atoms with Gasteiger partial charge in [0.1, 0.15) is 0 Å². The average Bonchev–Trinajstić information content (AvgIpc) is 2.40. The van der Waals surface area contributed by atoms with Crippen LogP contribution in [0.3, 0.4) is 0 Å². The van der Waals surface area contributed by atoms with Crippen LogP contribution in [0.1, 0.15) is 25.2 Å². The Morgan fingerprint density at radius 2 is 2.36 bits per heavy atom. The summed E-state index contributed by atoms with van der Waals surface area (Å²) in [6.07, 6.45) is 4.19. The Bertz CT molecular complexity index is 229. The van der Waals surface area contributed by atoms with Crippen molar-refractivity contribution in [2.45, 2.75) is 26.7 Å². The predicted octanol–water partition coefficient (Wildman–Crippen LogP) is 1.78. The number of hydrogen-bond donors (Lipinski definition) is 1. The third-order valence-electron chi connectivity index (χ3n) is 2.67. The quantitative estimate of drug-likeness (QED) is 0.649. The van der Waals surface area contributed by atoms with Gasteiger partial charge in [0.05, 0.1) is 12.0 Å². The molecule has 1 aliphatic carbocycles. The van der Waals surface area contributed by atoms with Gasteiger partial charge >= 0.3 is 0 Å². The third kappa shape index (κ3) is 1.06. The molecule has 1 aromatic rings. The molecule has 1 aromatic heterocycles. The normalized spacial score (nSPS) is 17.7. The maximum Gasteiger partial charge on any atom is 0.0925 e. The summed E-state index contributed by atoms with van der Waals surface area (Å²) in [5.74, 6) is 1.61. The maximum absolute atomic E-state index is 4.27. The van der Waals surface area contributed by atoms with E-state index >= 15 is 0 Å². The van der Waals surface area contributed by atoms with Gasteiger partial charge in [-0.1, -0.05) is 13.8 Å². The lowest BCUT2D eigenvalue weighted by atomic mass is 9.94. The number of H-pyrrole nitrogens is 1. The summed E-state index contributed by atoms with van der Waals surface area (Å²) in [4.78, 5) is 7.47. The molecule has 0 fully saturated rings. The van der Waals surface area contributed by atoms with E-state index in [1.165, 1.54) is 24.2 Å². The molecule has 2 heteroatoms. The van der Waals surface area contributed by atoms with Crippen molar-refractivity contribution in [1.82, 2.24) is 9.97 Å². The van der Waals surface area contributed by atoms with E-state index in [2.05, 4.69) is 23.8 Å². The van der Waals surface area contributed by atoms with E-state index in [1.54, 1.807) is 6.33 Å². The SMILES string of the molecule is CC(C)C1Cc2nc[nH]c2C1. The zero-order valence-corrected chi connectivity index (χ0v) is 7.09. The van der Waals surface area contributed by atoms with E-state index in [1.807, 2.05) is 0 Å². The lowest BCUT2D eigenvalue weighted by Crippen LogP contribution is -2.08. The minimum Gasteiger partial charge on any atom is -0.348 e. The summed E-state index contributed by atoms with van der Waals surface area (Å²) in [5.41, 5.74) is 2.66. The van der Waals surface area contributed by atoms with Crippen LogP contribution in [0.15, 0.2) is 6.33 Å². The molecule has 1 unspecified atom stereocenters. The fourth-order valence-electron chi connectivity index (χ4n) is 1.76. The fourth-order valence-corrected chi connectivity index (χ4v) is 1.76. The molecule has 1 heterocycles. The minimum absolute atomic E-state index is 0.789. The fraction of sp³-hybridized carbons (Fsp3) is 0.667. The summed E-state index contributed by atoms with van der Waals surface area (Å²) in [5, 5.41) is 0. The van der Waals surface area contributed by atoms with Crippen molar-refractivity contribution in [3.05, 3.63) is 17.7 Å². The molecule has 11 heavy (non-hydrogen) atoms. The van der Waals surface area contributed by atoms with Crippen LogP contribution in [0.4, 0.5) is 0 Å². The van der Waals surface area contributed by atoms with Crippen LogP contribution in [0.2, 0.25) is 0 Å². The van der Waals surface area contributed by atoms with Crippen LogP contribution in [0.25, 0.3) is 0 Å². The minimum atomic E-state index is 0.789. The van der Waals surface area contributed by atoms with Gasteiger partial charge in [-0.2, -0.15) is 0 Å². The molecule has 0 bridgehead atoms. The number of nitrogens with zero attached hydrogens (tertiary/aromatic N) is 1. The molecule has 0 aromatic carbocycles. The van der Waals surface area contributed by atoms with Crippen LogP contribution in [0, 0.1) is 11.8 Å². The van der Waals surface area contributed by atoms with E-state index in [-0.39, 0.29) is 0 Å². The van der Waals surface area contributed by atoms with Crippen molar-refractivity contribution in [3.63, 3.8) is 0 Å². The Morgan fingerprint density at radius 3 is 3.00 bits per heavy atom. The van der Waals surface area contributed by atoms with Gasteiger partial charge in [0, 0.05) is 5.69 Å². The monoisotopic (exact) mass is 150 g/mol. The second-order valence-electron chi connectivity index (χ2n) is 3.74. The summed E-state index contributed by atoms with van der Waals surface area (Å²) < 4.78 is 0. The molecule has 1 atom stereocenters. The van der Waals surface area contributed by atoms with Crippen LogP contribution in [-0.2, 0) is 12.8 Å². The van der Waals surface area contributed by atoms with E-state index in [0.717, 1.165) is 11.8 Å². The lowest BCUT2D eigenvalue weighted by molar-refractivity contribution is 0.400. The Labute approximate surface area is 67.0 Å². The first-order valence-corrected chi connectivity index (χ1v) is 4.28. The van der Waals surface area contributed by atoms with Crippen molar-refractivity contribution >= 4 is 0 Å². The van der Waals surface area contributed by atoms with Gasteiger partial charge in [-0.05, 0) is 24.7 Å². The molecule has 60 valence electrons. The van der Waals surface area contributed by atoms with E-state index in [9.17, 15) is 0 Å². The molecule has 0 amide bonds. The first-order valence-electron chi connectivity index (χ1n) is 4.28. The molecule has 0 aliphatic heterocycles. The van der Waals surface area contributed by atoms with Gasteiger partial charge in [-0.15, -0.1) is 0 Å². The number of aromatic amines is 1. The molecule has 1 aliphatic rings. The molecule has 2 rings (SSSR count). The summed E-state index contributed by atoms with van der Waals surface area (Å²) in [7, 11) is 0. The van der Waals surface area contributed by atoms with Crippen molar-refractivity contribution in [2.24, 2.45) is 11.8 Å². The molecular weight excluding hydrogens is 136 g/mol. The summed E-state index contributed by atoms with van der Waals surface area (Å²) >= 11 is 0. The zero-order chi connectivity index (χ0) is 7.84. The molecule has 2 nitrogen and oxygen atoms in total. The van der Waals surface area contributed by atoms with Crippen LogP contribution >= 0.6 is 0 Å². The molecular formula is C9H14N2. The predicted molar refractivity (Wildman–Crippen MR) is 44.3 cm³/mol. The Balaban J connectivity index is 2.16. The highest BCUT2D eigenvalue weighted by atomic mass is 14.9. The van der Waals surface area contributed by atoms with Crippen molar-refractivity contribution < 1.29 is 0 Å². The highest BCUT2D eigenvalue weighted by Gasteiger charge is 2.25. The number of imidazole rings is 1. The third-order valence-corrected chi connectivity index (χ3v) is 2.67. The summed E-state index contributed by atoms with van der Waals surface area (Å²) in [6.45, 7) is 4.58. The van der Waals surface area contributed by atoms with Crippen molar-refractivity contribution in [1.29, 1.82) is 0 Å². The van der Waals surface area contributed by atoms with Gasteiger partial charge in [-0.25, -0.2) is 4.98 Å². The van der Waals surface area contributed by atoms with Crippen molar-refractivity contribution in [3.8, 4) is 0 Å². The number of rotatable bonds is 1. The topological polar surface area (TPSA) is 28.7 Å². The standard InChI is InChI=1S/C9H14N2/c1-6(2)7-3-8-9(4-7)11-5-10-8/h5-7H,3-4H2,1-2H3,(H,10,11). The van der Waals surface area contributed by atoms with Gasteiger partial charge < -0.3 is 4.98 Å².